The molecule has 1 aromatic carbocycles. The number of pyridine rings is 1. The molecule has 4 heterocycles. The Morgan fingerprint density at radius 2 is 2.11 bits per heavy atom. The Bertz CT molecular complexity index is 1490. The molecule has 0 saturated carbocycles. The number of likely N-dealkylation sites (tertiary alicyclic amines) is 1. The standard InChI is InChI=1S/C24H23FN6O5/c1-2-35-23(33)16-7-4-10-29(13-16)19(32)14-31-24(34)30-11-5-9-18(21(30)27-31)22-26-20(28-36-22)15-6-3-8-17(25)12-15/h3,5-6,8-9,11-12,16H,2,4,7,10,13-14H2,1H3/t16-/m1/s1. The van der Waals surface area contributed by atoms with E-state index in [2.05, 4.69) is 15.2 Å². The molecule has 1 fully saturated rings. The summed E-state index contributed by atoms with van der Waals surface area (Å²) in [6, 6.07) is 9.07. The van der Waals surface area contributed by atoms with Crippen LogP contribution in [0.15, 0.2) is 51.9 Å². The molecule has 1 saturated heterocycles. The van der Waals surface area contributed by atoms with Crippen LogP contribution in [0.4, 0.5) is 4.39 Å². The lowest BCUT2D eigenvalue weighted by atomic mass is 9.98. The number of benzene rings is 1. The molecule has 3 aromatic heterocycles. The van der Waals surface area contributed by atoms with Gasteiger partial charge in [-0.05, 0) is 44.0 Å². The Morgan fingerprint density at radius 1 is 1.25 bits per heavy atom. The highest BCUT2D eigenvalue weighted by molar-refractivity contribution is 5.78. The van der Waals surface area contributed by atoms with Crippen LogP contribution in [0, 0.1) is 11.7 Å². The molecule has 0 unspecified atom stereocenters. The zero-order valence-electron chi connectivity index (χ0n) is 19.5. The predicted molar refractivity (Wildman–Crippen MR) is 124 cm³/mol. The molecule has 5 rings (SSSR count). The van der Waals surface area contributed by atoms with E-state index >= 15 is 0 Å². The third-order valence-electron chi connectivity index (χ3n) is 6.03. The van der Waals surface area contributed by atoms with Gasteiger partial charge < -0.3 is 14.2 Å². The lowest BCUT2D eigenvalue weighted by Gasteiger charge is -2.31. The molecule has 0 radical (unpaired) electrons. The van der Waals surface area contributed by atoms with Crippen LogP contribution in [0.2, 0.25) is 0 Å². The quantitative estimate of drug-likeness (QED) is 0.374. The van der Waals surface area contributed by atoms with Crippen LogP contribution in [-0.4, -0.2) is 60.8 Å². The second-order valence-electron chi connectivity index (χ2n) is 8.42. The largest absolute Gasteiger partial charge is 0.466 e. The Morgan fingerprint density at radius 3 is 2.92 bits per heavy atom. The van der Waals surface area contributed by atoms with Gasteiger partial charge in [-0.3, -0.25) is 9.59 Å². The van der Waals surface area contributed by atoms with Crippen molar-refractivity contribution in [3.63, 3.8) is 0 Å². The number of piperidine rings is 1. The number of amides is 1. The van der Waals surface area contributed by atoms with E-state index in [1.165, 1.54) is 28.8 Å². The van der Waals surface area contributed by atoms with Gasteiger partial charge in [-0.2, -0.15) is 4.98 Å². The summed E-state index contributed by atoms with van der Waals surface area (Å²) in [6.45, 7) is 2.48. The second kappa shape index (κ2) is 9.72. The molecule has 36 heavy (non-hydrogen) atoms. The van der Waals surface area contributed by atoms with Gasteiger partial charge in [0.15, 0.2) is 5.65 Å². The SMILES string of the molecule is CCOC(=O)[C@@H]1CCCN(C(=O)Cn2nc3c(-c4nc(-c5cccc(F)c5)no4)cccn3c2=O)C1. The van der Waals surface area contributed by atoms with Crippen molar-refractivity contribution < 1.29 is 23.2 Å². The molecule has 0 N–H and O–H groups in total. The van der Waals surface area contributed by atoms with E-state index < -0.39 is 11.5 Å². The van der Waals surface area contributed by atoms with Gasteiger partial charge in [0.2, 0.25) is 11.7 Å². The minimum absolute atomic E-state index is 0.0941. The first-order valence-electron chi connectivity index (χ1n) is 11.6. The number of fused-ring (bicyclic) bond motifs is 1. The van der Waals surface area contributed by atoms with Crippen LogP contribution >= 0.6 is 0 Å². The number of rotatable bonds is 6. The van der Waals surface area contributed by atoms with Crippen LogP contribution in [-0.2, 0) is 20.9 Å². The smallest absolute Gasteiger partial charge is 0.350 e. The first-order valence-corrected chi connectivity index (χ1v) is 11.6. The van der Waals surface area contributed by atoms with E-state index in [0.29, 0.717) is 30.5 Å². The fourth-order valence-corrected chi connectivity index (χ4v) is 4.27. The Balaban J connectivity index is 1.40. The number of carbonyl (C=O) groups excluding carboxylic acids is 2. The van der Waals surface area contributed by atoms with Crippen molar-refractivity contribution in [1.29, 1.82) is 0 Å². The zero-order chi connectivity index (χ0) is 25.2. The summed E-state index contributed by atoms with van der Waals surface area (Å²) in [5.41, 5.74) is 0.543. The normalized spacial score (nSPS) is 15.8. The fraction of sp³-hybridized carbons (Fsp3) is 0.333. The predicted octanol–water partition coefficient (Wildman–Crippen LogP) is 2.15. The van der Waals surface area contributed by atoms with E-state index in [4.69, 9.17) is 9.26 Å². The molecule has 11 nitrogen and oxygen atoms in total. The molecule has 1 aliphatic rings. The molecule has 4 aromatic rings. The number of hydrogen-bond donors (Lipinski definition) is 0. The Kier molecular flexibility index (Phi) is 6.32. The van der Waals surface area contributed by atoms with Crippen molar-refractivity contribution in [3.05, 3.63) is 58.9 Å². The maximum atomic E-state index is 13.6. The topological polar surface area (TPSA) is 125 Å². The lowest BCUT2D eigenvalue weighted by molar-refractivity contribution is -0.151. The Labute approximate surface area is 204 Å². The molecule has 1 aliphatic heterocycles. The van der Waals surface area contributed by atoms with Crippen molar-refractivity contribution in [2.24, 2.45) is 5.92 Å². The van der Waals surface area contributed by atoms with E-state index in [1.54, 1.807) is 30.0 Å². The van der Waals surface area contributed by atoms with Crippen molar-refractivity contribution in [2.45, 2.75) is 26.3 Å². The second-order valence-corrected chi connectivity index (χ2v) is 8.42. The van der Waals surface area contributed by atoms with Crippen molar-refractivity contribution in [3.8, 4) is 22.8 Å². The van der Waals surface area contributed by atoms with Crippen LogP contribution in [0.25, 0.3) is 28.5 Å². The number of ether oxygens (including phenoxy) is 1. The summed E-state index contributed by atoms with van der Waals surface area (Å²) in [6.07, 6.45) is 2.85. The first kappa shape index (κ1) is 23.4. The number of aromatic nitrogens is 5. The Hall–Kier alpha value is -4.35. The summed E-state index contributed by atoms with van der Waals surface area (Å²) >= 11 is 0. The van der Waals surface area contributed by atoms with Crippen LogP contribution < -0.4 is 5.69 Å². The third kappa shape index (κ3) is 4.49. The summed E-state index contributed by atoms with van der Waals surface area (Å²) < 4.78 is 26.4. The molecule has 0 bridgehead atoms. The van der Waals surface area contributed by atoms with Crippen molar-refractivity contribution in [2.75, 3.05) is 19.7 Å². The number of nitrogens with zero attached hydrogens (tertiary/aromatic N) is 6. The minimum atomic E-state index is -0.510. The monoisotopic (exact) mass is 494 g/mol. The van der Waals surface area contributed by atoms with Gasteiger partial charge in [-0.25, -0.2) is 18.3 Å². The summed E-state index contributed by atoms with van der Waals surface area (Å²) in [5.74, 6) is -1.17. The molecule has 1 atom stereocenters. The van der Waals surface area contributed by atoms with E-state index in [0.717, 1.165) is 4.68 Å². The first-order chi connectivity index (χ1) is 17.4. The van der Waals surface area contributed by atoms with Crippen LogP contribution in [0.1, 0.15) is 19.8 Å². The van der Waals surface area contributed by atoms with Gasteiger partial charge in [0.25, 0.3) is 5.89 Å². The highest BCUT2D eigenvalue weighted by atomic mass is 19.1. The summed E-state index contributed by atoms with van der Waals surface area (Å²) in [5, 5.41) is 8.25. The van der Waals surface area contributed by atoms with Gasteiger partial charge in [-0.1, -0.05) is 17.3 Å². The third-order valence-corrected chi connectivity index (χ3v) is 6.03. The number of halogens is 1. The van der Waals surface area contributed by atoms with Gasteiger partial charge >= 0.3 is 11.7 Å². The van der Waals surface area contributed by atoms with Gasteiger partial charge in [0.1, 0.15) is 12.4 Å². The maximum absolute atomic E-state index is 13.6. The molecule has 12 heteroatoms. The fourth-order valence-electron chi connectivity index (χ4n) is 4.27. The zero-order valence-corrected chi connectivity index (χ0v) is 19.5. The molecule has 186 valence electrons. The van der Waals surface area contributed by atoms with Crippen molar-refractivity contribution in [1.82, 2.24) is 29.2 Å². The number of esters is 1. The maximum Gasteiger partial charge on any atom is 0.350 e. The molecule has 0 spiro atoms. The van der Waals surface area contributed by atoms with Gasteiger partial charge in [-0.15, -0.1) is 5.10 Å². The number of hydrogen-bond acceptors (Lipinski definition) is 8. The average Bonchev–Trinajstić information content (AvgIpc) is 3.50. The highest BCUT2D eigenvalue weighted by Gasteiger charge is 2.30. The molecule has 0 aliphatic carbocycles. The number of carbonyl (C=O) groups is 2. The summed E-state index contributed by atoms with van der Waals surface area (Å²) in [4.78, 5) is 43.9. The van der Waals surface area contributed by atoms with Gasteiger partial charge in [0, 0.05) is 24.8 Å². The minimum Gasteiger partial charge on any atom is -0.466 e. The molecule has 1 amide bonds. The molecular weight excluding hydrogens is 471 g/mol. The van der Waals surface area contributed by atoms with Crippen molar-refractivity contribution >= 4 is 17.5 Å². The van der Waals surface area contributed by atoms with Crippen LogP contribution in [0.3, 0.4) is 0 Å². The van der Waals surface area contributed by atoms with E-state index in [9.17, 15) is 18.8 Å². The molecular formula is C24H23FN6O5. The van der Waals surface area contributed by atoms with Crippen LogP contribution in [0.5, 0.6) is 0 Å². The lowest BCUT2D eigenvalue weighted by Crippen LogP contribution is -2.45. The van der Waals surface area contributed by atoms with Gasteiger partial charge in [0.05, 0.1) is 18.1 Å². The average molecular weight is 494 g/mol. The van der Waals surface area contributed by atoms with E-state index in [-0.39, 0.29) is 54.9 Å². The highest BCUT2D eigenvalue weighted by Crippen LogP contribution is 2.25. The van der Waals surface area contributed by atoms with E-state index in [1.807, 2.05) is 0 Å². The summed E-state index contributed by atoms with van der Waals surface area (Å²) in [7, 11) is 0.